The smallest absolute Gasteiger partial charge is 0.381 e. The topological polar surface area (TPSA) is 89.8 Å². The van der Waals surface area contributed by atoms with Crippen molar-refractivity contribution in [3.63, 3.8) is 0 Å². The monoisotopic (exact) mass is 297 g/mol. The van der Waals surface area contributed by atoms with Crippen molar-refractivity contribution in [1.82, 2.24) is 9.97 Å². The van der Waals surface area contributed by atoms with Crippen LogP contribution < -0.4 is 16.8 Å². The van der Waals surface area contributed by atoms with Crippen LogP contribution in [0.4, 0.5) is 24.8 Å². The van der Waals surface area contributed by atoms with Gasteiger partial charge in [0.1, 0.15) is 0 Å². The van der Waals surface area contributed by atoms with Gasteiger partial charge in [-0.3, -0.25) is 0 Å². The molecule has 2 aromatic rings. The number of aromatic nitrogens is 2. The molecule has 0 saturated carbocycles. The van der Waals surface area contributed by atoms with E-state index in [1.165, 1.54) is 24.4 Å². The molecule has 0 aliphatic carbocycles. The van der Waals surface area contributed by atoms with Crippen molar-refractivity contribution >= 4 is 11.6 Å². The quantitative estimate of drug-likeness (QED) is 0.804. The number of nitrogen functional groups attached to an aromatic ring is 1. The van der Waals surface area contributed by atoms with Gasteiger partial charge in [-0.25, -0.2) is 9.97 Å². The predicted molar refractivity (Wildman–Crippen MR) is 74.4 cm³/mol. The third-order valence-corrected chi connectivity index (χ3v) is 2.75. The van der Waals surface area contributed by atoms with Gasteiger partial charge in [0.25, 0.3) is 0 Å². The zero-order valence-electron chi connectivity index (χ0n) is 11.0. The highest BCUT2D eigenvalue weighted by Crippen LogP contribution is 2.38. The fourth-order valence-electron chi connectivity index (χ4n) is 1.87. The molecule has 8 heteroatoms. The van der Waals surface area contributed by atoms with Crippen LogP contribution in [-0.2, 0) is 6.18 Å². The Balaban J connectivity index is 2.58. The van der Waals surface area contributed by atoms with Crippen LogP contribution in [-0.4, -0.2) is 23.1 Å². The Bertz CT molecular complexity index is 627. The molecule has 0 amide bonds. The van der Waals surface area contributed by atoms with Crippen LogP contribution in [0.25, 0.3) is 11.3 Å². The van der Waals surface area contributed by atoms with E-state index in [1.807, 2.05) is 0 Å². The molecule has 0 aliphatic rings. The summed E-state index contributed by atoms with van der Waals surface area (Å²) in [5.74, 6) is -0.0970. The highest BCUT2D eigenvalue weighted by atomic mass is 19.4. The Labute approximate surface area is 119 Å². The zero-order valence-corrected chi connectivity index (χ0v) is 11.0. The van der Waals surface area contributed by atoms with Crippen molar-refractivity contribution in [2.45, 2.75) is 6.18 Å². The van der Waals surface area contributed by atoms with Gasteiger partial charge >= 0.3 is 6.18 Å². The number of rotatable bonds is 4. The highest BCUT2D eigenvalue weighted by Gasteiger charge is 2.34. The van der Waals surface area contributed by atoms with E-state index in [0.29, 0.717) is 18.8 Å². The molecule has 1 heterocycles. The molecule has 0 spiro atoms. The van der Waals surface area contributed by atoms with Crippen LogP contribution in [0, 0.1) is 0 Å². The van der Waals surface area contributed by atoms with Crippen molar-refractivity contribution in [3.8, 4) is 11.3 Å². The Morgan fingerprint density at radius 1 is 1.19 bits per heavy atom. The number of nitrogens with one attached hydrogen (secondary N) is 1. The van der Waals surface area contributed by atoms with Crippen molar-refractivity contribution in [2.75, 3.05) is 24.1 Å². The van der Waals surface area contributed by atoms with Gasteiger partial charge in [0.15, 0.2) is 0 Å². The van der Waals surface area contributed by atoms with Crippen LogP contribution in [0.2, 0.25) is 0 Å². The highest BCUT2D eigenvalue weighted by molar-refractivity contribution is 5.77. The number of anilines is 2. The molecule has 21 heavy (non-hydrogen) atoms. The van der Waals surface area contributed by atoms with Crippen molar-refractivity contribution < 1.29 is 13.2 Å². The van der Waals surface area contributed by atoms with Crippen LogP contribution in [0.5, 0.6) is 0 Å². The summed E-state index contributed by atoms with van der Waals surface area (Å²) in [6, 6.07) is 5.18. The van der Waals surface area contributed by atoms with Crippen molar-refractivity contribution in [1.29, 1.82) is 0 Å². The number of halogens is 3. The normalized spacial score (nSPS) is 11.4. The molecule has 0 radical (unpaired) electrons. The van der Waals surface area contributed by atoms with E-state index < -0.39 is 11.7 Å². The van der Waals surface area contributed by atoms with E-state index in [9.17, 15) is 13.2 Å². The minimum atomic E-state index is -4.48. The first-order valence-corrected chi connectivity index (χ1v) is 6.16. The average molecular weight is 297 g/mol. The first-order valence-electron chi connectivity index (χ1n) is 6.16. The molecule has 5 N–H and O–H groups in total. The molecule has 0 saturated heterocycles. The number of hydrogen-bond donors (Lipinski definition) is 3. The first-order chi connectivity index (χ1) is 9.93. The predicted octanol–water partition coefficient (Wildman–Crippen LogP) is 2.12. The molecule has 0 atom stereocenters. The number of benzene rings is 1. The average Bonchev–Trinajstić information content (AvgIpc) is 2.45. The van der Waals surface area contributed by atoms with Gasteiger partial charge in [-0.2, -0.15) is 13.2 Å². The number of nitrogens with zero attached hydrogens (tertiary/aromatic N) is 2. The lowest BCUT2D eigenvalue weighted by Crippen LogP contribution is -2.15. The lowest BCUT2D eigenvalue weighted by molar-refractivity contribution is -0.137. The van der Waals surface area contributed by atoms with E-state index in [2.05, 4.69) is 15.3 Å². The molecule has 0 fully saturated rings. The summed E-state index contributed by atoms with van der Waals surface area (Å²) in [6.07, 6.45) is -3.14. The Morgan fingerprint density at radius 3 is 2.57 bits per heavy atom. The first kappa shape index (κ1) is 15.0. The largest absolute Gasteiger partial charge is 0.417 e. The van der Waals surface area contributed by atoms with E-state index in [0.717, 1.165) is 6.07 Å². The molecule has 1 aromatic heterocycles. The van der Waals surface area contributed by atoms with Crippen molar-refractivity contribution in [3.05, 3.63) is 36.0 Å². The van der Waals surface area contributed by atoms with E-state index >= 15 is 0 Å². The lowest BCUT2D eigenvalue weighted by Gasteiger charge is -2.15. The fraction of sp³-hybridized carbons (Fsp3) is 0.231. The zero-order chi connectivity index (χ0) is 15.5. The summed E-state index contributed by atoms with van der Waals surface area (Å²) < 4.78 is 39.3. The summed E-state index contributed by atoms with van der Waals surface area (Å²) in [5.41, 5.74) is 10.5. The summed E-state index contributed by atoms with van der Waals surface area (Å²) >= 11 is 0. The van der Waals surface area contributed by atoms with Crippen LogP contribution in [0.1, 0.15) is 5.56 Å². The Kier molecular flexibility index (Phi) is 4.27. The van der Waals surface area contributed by atoms with Gasteiger partial charge in [-0.05, 0) is 6.07 Å². The summed E-state index contributed by atoms with van der Waals surface area (Å²) in [7, 11) is 0. The number of hydrogen-bond acceptors (Lipinski definition) is 5. The lowest BCUT2D eigenvalue weighted by atomic mass is 10.0. The Morgan fingerprint density at radius 2 is 1.90 bits per heavy atom. The van der Waals surface area contributed by atoms with Gasteiger partial charge in [0.2, 0.25) is 5.95 Å². The van der Waals surface area contributed by atoms with E-state index in [1.54, 1.807) is 0 Å². The van der Waals surface area contributed by atoms with E-state index in [-0.39, 0.29) is 17.2 Å². The third kappa shape index (κ3) is 3.40. The molecule has 5 nitrogen and oxygen atoms in total. The minimum absolute atomic E-state index is 0.0568. The maximum atomic E-state index is 13.1. The summed E-state index contributed by atoms with van der Waals surface area (Å²) in [5, 5.41) is 2.89. The van der Waals surface area contributed by atoms with Gasteiger partial charge in [0.05, 0.1) is 23.1 Å². The molecule has 112 valence electrons. The van der Waals surface area contributed by atoms with Crippen LogP contribution in [0.3, 0.4) is 0 Å². The molecule has 2 rings (SSSR count). The summed E-state index contributed by atoms with van der Waals surface area (Å²) in [6.45, 7) is 0.708. The second-order valence-corrected chi connectivity index (χ2v) is 4.25. The van der Waals surface area contributed by atoms with Gasteiger partial charge in [-0.15, -0.1) is 0 Å². The number of alkyl halides is 3. The maximum Gasteiger partial charge on any atom is 0.417 e. The van der Waals surface area contributed by atoms with Gasteiger partial charge in [0, 0.05) is 18.7 Å². The Hall–Kier alpha value is -2.35. The van der Waals surface area contributed by atoms with Crippen LogP contribution >= 0.6 is 0 Å². The van der Waals surface area contributed by atoms with E-state index in [4.69, 9.17) is 11.5 Å². The fourth-order valence-corrected chi connectivity index (χ4v) is 1.87. The second-order valence-electron chi connectivity index (χ2n) is 4.25. The minimum Gasteiger partial charge on any atom is -0.381 e. The second kappa shape index (κ2) is 5.96. The van der Waals surface area contributed by atoms with Gasteiger partial charge < -0.3 is 16.8 Å². The third-order valence-electron chi connectivity index (χ3n) is 2.75. The molecule has 0 bridgehead atoms. The summed E-state index contributed by atoms with van der Waals surface area (Å²) in [4.78, 5) is 7.73. The molecular weight excluding hydrogens is 283 g/mol. The van der Waals surface area contributed by atoms with Crippen molar-refractivity contribution in [2.24, 2.45) is 5.73 Å². The number of nitrogens with two attached hydrogens (primary N) is 2. The SMILES string of the molecule is NCCNc1cnc(N)nc1-c1ccccc1C(F)(F)F. The van der Waals surface area contributed by atoms with Crippen LogP contribution in [0.15, 0.2) is 30.5 Å². The molecular formula is C13H14F3N5. The molecule has 0 aliphatic heterocycles. The molecule has 0 unspecified atom stereocenters. The molecule has 1 aromatic carbocycles. The van der Waals surface area contributed by atoms with Gasteiger partial charge in [-0.1, -0.05) is 18.2 Å². The standard InChI is InChI=1S/C13H14F3N5/c14-13(15,16)9-4-2-1-3-8(9)11-10(19-6-5-17)7-20-12(18)21-11/h1-4,7,19H,5-6,17H2,(H2,18,20,21). The maximum absolute atomic E-state index is 13.1.